The second-order valence-electron chi connectivity index (χ2n) is 3.94. The minimum atomic E-state index is 0.0853. The summed E-state index contributed by atoms with van der Waals surface area (Å²) in [6.45, 7) is 2.49. The molecule has 3 nitrogen and oxygen atoms in total. The fourth-order valence-corrected chi connectivity index (χ4v) is 2.05. The van der Waals surface area contributed by atoms with Crippen molar-refractivity contribution in [2.24, 2.45) is 0 Å². The van der Waals surface area contributed by atoms with E-state index < -0.39 is 0 Å². The number of amides is 1. The molecule has 0 bridgehead atoms. The Morgan fingerprint density at radius 3 is 2.88 bits per heavy atom. The average Bonchev–Trinajstić information content (AvgIpc) is 2.49. The zero-order valence-corrected chi connectivity index (χ0v) is 9.40. The third-order valence-corrected chi connectivity index (χ3v) is 2.88. The molecule has 0 atom stereocenters. The Morgan fingerprint density at radius 2 is 2.12 bits per heavy atom. The largest absolute Gasteiger partial charge is 0.312 e. The van der Waals surface area contributed by atoms with Gasteiger partial charge < -0.3 is 4.90 Å². The van der Waals surface area contributed by atoms with Gasteiger partial charge >= 0.3 is 0 Å². The van der Waals surface area contributed by atoms with Crippen LogP contribution in [0, 0.1) is 0 Å². The van der Waals surface area contributed by atoms with Gasteiger partial charge in [0.05, 0.1) is 5.69 Å². The molecule has 3 heteroatoms. The highest BCUT2D eigenvalue weighted by atomic mass is 16.2. The lowest BCUT2D eigenvalue weighted by Crippen LogP contribution is -2.30. The van der Waals surface area contributed by atoms with Crippen LogP contribution in [-0.2, 0) is 4.79 Å². The zero-order valence-electron chi connectivity index (χ0n) is 9.40. The van der Waals surface area contributed by atoms with E-state index in [1.165, 1.54) is 0 Å². The minimum Gasteiger partial charge on any atom is -0.312 e. The predicted molar refractivity (Wildman–Crippen MR) is 62.7 cm³/mol. The monoisotopic (exact) mass is 217 g/mol. The number of para-hydroxylation sites is 1. The molecule has 0 saturated heterocycles. The van der Waals surface area contributed by atoms with Crippen LogP contribution in [0.1, 0.15) is 36.5 Å². The smallest absolute Gasteiger partial charge is 0.226 e. The number of hydrogen-bond donors (Lipinski definition) is 0. The Hall–Kier alpha value is -1.64. The molecular formula is C13H15NO2. The second kappa shape index (κ2) is 4.47. The third kappa shape index (κ3) is 1.85. The molecule has 0 radical (unpaired) electrons. The molecule has 84 valence electrons. The number of carbonyl (C=O) groups is 2. The summed E-state index contributed by atoms with van der Waals surface area (Å²) < 4.78 is 0. The van der Waals surface area contributed by atoms with E-state index in [1.54, 1.807) is 11.0 Å². The average molecular weight is 217 g/mol. The molecule has 1 heterocycles. The molecule has 0 N–H and O–H groups in total. The molecule has 0 spiro atoms. The first-order valence-electron chi connectivity index (χ1n) is 5.66. The van der Waals surface area contributed by atoms with Gasteiger partial charge in [0.25, 0.3) is 0 Å². The van der Waals surface area contributed by atoms with E-state index in [-0.39, 0.29) is 11.7 Å². The van der Waals surface area contributed by atoms with Gasteiger partial charge in [0.2, 0.25) is 5.91 Å². The molecule has 1 aromatic carbocycles. The Kier molecular flexibility index (Phi) is 3.04. The van der Waals surface area contributed by atoms with Gasteiger partial charge in [-0.05, 0) is 18.6 Å². The van der Waals surface area contributed by atoms with Crippen molar-refractivity contribution in [1.29, 1.82) is 0 Å². The first-order chi connectivity index (χ1) is 7.74. The van der Waals surface area contributed by atoms with Gasteiger partial charge in [0, 0.05) is 24.9 Å². The highest BCUT2D eigenvalue weighted by molar-refractivity contribution is 6.06. The van der Waals surface area contributed by atoms with E-state index in [0.717, 1.165) is 12.1 Å². The van der Waals surface area contributed by atoms with E-state index in [1.807, 2.05) is 25.1 Å². The molecule has 0 unspecified atom stereocenters. The summed E-state index contributed by atoms with van der Waals surface area (Å²) in [5.74, 6) is 0.226. The van der Waals surface area contributed by atoms with Crippen molar-refractivity contribution in [3.05, 3.63) is 29.8 Å². The number of carbonyl (C=O) groups excluding carboxylic acids is 2. The molecular weight excluding hydrogens is 202 g/mol. The van der Waals surface area contributed by atoms with Gasteiger partial charge in [-0.15, -0.1) is 0 Å². The molecule has 0 fully saturated rings. The lowest BCUT2D eigenvalue weighted by molar-refractivity contribution is -0.118. The van der Waals surface area contributed by atoms with Crippen LogP contribution in [0.5, 0.6) is 0 Å². The standard InChI is InChI=1S/C13H15NO2/c1-2-13(16)14-9-5-8-12(15)10-6-3-4-7-11(10)14/h3-4,6-7H,2,5,8-9H2,1H3. The fourth-order valence-electron chi connectivity index (χ4n) is 2.05. The van der Waals surface area contributed by atoms with Crippen molar-refractivity contribution in [3.63, 3.8) is 0 Å². The van der Waals surface area contributed by atoms with Gasteiger partial charge in [-0.1, -0.05) is 19.1 Å². The van der Waals surface area contributed by atoms with Crippen LogP contribution in [0.4, 0.5) is 5.69 Å². The predicted octanol–water partition coefficient (Wildman–Crippen LogP) is 2.41. The van der Waals surface area contributed by atoms with E-state index in [2.05, 4.69) is 0 Å². The maximum absolute atomic E-state index is 11.8. The normalized spacial score (nSPS) is 15.6. The summed E-state index contributed by atoms with van der Waals surface area (Å²) in [5, 5.41) is 0. The second-order valence-corrected chi connectivity index (χ2v) is 3.94. The fraction of sp³-hybridized carbons (Fsp3) is 0.385. The lowest BCUT2D eigenvalue weighted by atomic mass is 10.1. The Morgan fingerprint density at radius 1 is 1.38 bits per heavy atom. The molecule has 16 heavy (non-hydrogen) atoms. The number of Topliss-reactive ketones (excluding diaryl/α,β-unsaturated/α-hetero) is 1. The van der Waals surface area contributed by atoms with Crippen LogP contribution in [0.2, 0.25) is 0 Å². The summed E-state index contributed by atoms with van der Waals surface area (Å²) in [7, 11) is 0. The molecule has 1 aromatic rings. The Labute approximate surface area is 95.1 Å². The quantitative estimate of drug-likeness (QED) is 0.724. The van der Waals surface area contributed by atoms with Crippen LogP contribution in [0.25, 0.3) is 0 Å². The summed E-state index contributed by atoms with van der Waals surface area (Å²) in [6, 6.07) is 7.37. The summed E-state index contributed by atoms with van der Waals surface area (Å²) >= 11 is 0. The maximum Gasteiger partial charge on any atom is 0.226 e. The van der Waals surface area contributed by atoms with Gasteiger partial charge in [-0.3, -0.25) is 9.59 Å². The van der Waals surface area contributed by atoms with Crippen LogP contribution in [0.15, 0.2) is 24.3 Å². The molecule has 2 rings (SSSR count). The number of rotatable bonds is 1. The van der Waals surface area contributed by atoms with E-state index in [0.29, 0.717) is 24.9 Å². The van der Waals surface area contributed by atoms with Gasteiger partial charge in [-0.25, -0.2) is 0 Å². The lowest BCUT2D eigenvalue weighted by Gasteiger charge is -2.21. The molecule has 0 aromatic heterocycles. The number of benzene rings is 1. The molecule has 1 amide bonds. The van der Waals surface area contributed by atoms with Crippen molar-refractivity contribution in [2.45, 2.75) is 26.2 Å². The van der Waals surface area contributed by atoms with Crippen molar-refractivity contribution in [2.75, 3.05) is 11.4 Å². The first kappa shape index (κ1) is 10.9. The number of fused-ring (bicyclic) bond motifs is 1. The first-order valence-corrected chi connectivity index (χ1v) is 5.66. The van der Waals surface area contributed by atoms with Crippen LogP contribution in [0.3, 0.4) is 0 Å². The van der Waals surface area contributed by atoms with Gasteiger partial charge in [0.15, 0.2) is 5.78 Å². The highest BCUT2D eigenvalue weighted by Crippen LogP contribution is 2.26. The van der Waals surface area contributed by atoms with Crippen molar-refractivity contribution >= 4 is 17.4 Å². The van der Waals surface area contributed by atoms with E-state index >= 15 is 0 Å². The SMILES string of the molecule is CCC(=O)N1CCCC(=O)c2ccccc21. The van der Waals surface area contributed by atoms with Crippen LogP contribution < -0.4 is 4.90 Å². The van der Waals surface area contributed by atoms with E-state index in [9.17, 15) is 9.59 Å². The summed E-state index contributed by atoms with van der Waals surface area (Å²) in [6.07, 6.45) is 1.76. The van der Waals surface area contributed by atoms with Crippen LogP contribution in [-0.4, -0.2) is 18.2 Å². The van der Waals surface area contributed by atoms with Crippen molar-refractivity contribution in [3.8, 4) is 0 Å². The molecule has 0 aliphatic carbocycles. The Bertz CT molecular complexity index is 426. The summed E-state index contributed by atoms with van der Waals surface area (Å²) in [4.78, 5) is 25.4. The minimum absolute atomic E-state index is 0.0853. The number of ketones is 1. The summed E-state index contributed by atoms with van der Waals surface area (Å²) in [5.41, 5.74) is 1.46. The van der Waals surface area contributed by atoms with Crippen LogP contribution >= 0.6 is 0 Å². The van der Waals surface area contributed by atoms with Crippen molar-refractivity contribution in [1.82, 2.24) is 0 Å². The molecule has 1 aliphatic heterocycles. The number of anilines is 1. The third-order valence-electron chi connectivity index (χ3n) is 2.88. The molecule has 0 saturated carbocycles. The highest BCUT2D eigenvalue weighted by Gasteiger charge is 2.23. The maximum atomic E-state index is 11.8. The van der Waals surface area contributed by atoms with Crippen molar-refractivity contribution < 1.29 is 9.59 Å². The van der Waals surface area contributed by atoms with Gasteiger partial charge in [-0.2, -0.15) is 0 Å². The van der Waals surface area contributed by atoms with Gasteiger partial charge in [0.1, 0.15) is 0 Å². The Balaban J connectivity index is 2.46. The number of hydrogen-bond acceptors (Lipinski definition) is 2. The number of nitrogens with zero attached hydrogens (tertiary/aromatic N) is 1. The molecule has 1 aliphatic rings. The van der Waals surface area contributed by atoms with E-state index in [4.69, 9.17) is 0 Å². The zero-order chi connectivity index (χ0) is 11.5. The topological polar surface area (TPSA) is 37.4 Å².